The number of nitrogens with one attached hydrogen (secondary N) is 1. The van der Waals surface area contributed by atoms with E-state index < -0.39 is 0 Å². The van der Waals surface area contributed by atoms with E-state index in [2.05, 4.69) is 27.0 Å². The first kappa shape index (κ1) is 10.7. The lowest BCUT2D eigenvalue weighted by Gasteiger charge is -2.06. The molecule has 0 aliphatic carbocycles. The summed E-state index contributed by atoms with van der Waals surface area (Å²) in [6.45, 7) is 0.0146. The van der Waals surface area contributed by atoms with Crippen molar-refractivity contribution in [1.82, 2.24) is 4.98 Å². The lowest BCUT2D eigenvalue weighted by atomic mass is 10.1. The minimum Gasteiger partial charge on any atom is -0.395 e. The SMILES string of the molecule is NC(CO)Cc1c[nH]c2ccc(Br)cc12. The fourth-order valence-electron chi connectivity index (χ4n) is 1.67. The van der Waals surface area contributed by atoms with Crippen LogP contribution in [0.3, 0.4) is 0 Å². The van der Waals surface area contributed by atoms with E-state index in [1.54, 1.807) is 0 Å². The minimum atomic E-state index is -0.192. The lowest BCUT2D eigenvalue weighted by Crippen LogP contribution is -2.26. The molecule has 0 bridgehead atoms. The maximum Gasteiger partial charge on any atom is 0.0585 e. The van der Waals surface area contributed by atoms with Gasteiger partial charge in [0.2, 0.25) is 0 Å². The third kappa shape index (κ3) is 2.22. The van der Waals surface area contributed by atoms with Crippen LogP contribution in [0.2, 0.25) is 0 Å². The normalized spacial score (nSPS) is 13.3. The van der Waals surface area contributed by atoms with Crippen molar-refractivity contribution in [2.75, 3.05) is 6.61 Å². The standard InChI is InChI=1S/C11H13BrN2O/c12-8-1-2-11-10(4-8)7(5-14-11)3-9(13)6-15/h1-2,4-5,9,14-15H,3,6,13H2. The minimum absolute atomic E-state index is 0.0146. The highest BCUT2D eigenvalue weighted by molar-refractivity contribution is 9.10. The molecule has 0 fully saturated rings. The van der Waals surface area contributed by atoms with Crippen LogP contribution in [0.4, 0.5) is 0 Å². The molecule has 4 N–H and O–H groups in total. The summed E-state index contributed by atoms with van der Waals surface area (Å²) in [6.07, 6.45) is 2.64. The van der Waals surface area contributed by atoms with E-state index >= 15 is 0 Å². The molecule has 0 aliphatic rings. The van der Waals surface area contributed by atoms with Gasteiger partial charge in [-0.05, 0) is 30.2 Å². The van der Waals surface area contributed by atoms with E-state index in [-0.39, 0.29) is 12.6 Å². The Bertz CT molecular complexity index is 467. The molecule has 0 aliphatic heterocycles. The smallest absolute Gasteiger partial charge is 0.0585 e. The molecule has 0 saturated carbocycles. The summed E-state index contributed by atoms with van der Waals surface area (Å²) in [5.41, 5.74) is 7.96. The van der Waals surface area contributed by atoms with Gasteiger partial charge in [0.15, 0.2) is 0 Å². The van der Waals surface area contributed by atoms with Gasteiger partial charge >= 0.3 is 0 Å². The number of aliphatic hydroxyl groups is 1. The highest BCUT2D eigenvalue weighted by Gasteiger charge is 2.08. The largest absolute Gasteiger partial charge is 0.395 e. The molecule has 1 aromatic carbocycles. The van der Waals surface area contributed by atoms with Crippen molar-refractivity contribution in [2.24, 2.45) is 5.73 Å². The Morgan fingerprint density at radius 3 is 3.00 bits per heavy atom. The quantitative estimate of drug-likeness (QED) is 0.795. The molecule has 3 nitrogen and oxygen atoms in total. The zero-order valence-corrected chi connectivity index (χ0v) is 9.79. The van der Waals surface area contributed by atoms with Crippen molar-refractivity contribution in [1.29, 1.82) is 0 Å². The van der Waals surface area contributed by atoms with Crippen molar-refractivity contribution in [2.45, 2.75) is 12.5 Å². The highest BCUT2D eigenvalue weighted by Crippen LogP contribution is 2.23. The molecule has 80 valence electrons. The molecule has 0 saturated heterocycles. The van der Waals surface area contributed by atoms with E-state index in [0.29, 0.717) is 6.42 Å². The number of H-pyrrole nitrogens is 1. The third-order valence-electron chi connectivity index (χ3n) is 2.45. The fraction of sp³-hybridized carbons (Fsp3) is 0.273. The summed E-state index contributed by atoms with van der Waals surface area (Å²) in [4.78, 5) is 3.19. The maximum absolute atomic E-state index is 8.92. The van der Waals surface area contributed by atoms with Crippen LogP contribution in [-0.4, -0.2) is 22.7 Å². The van der Waals surface area contributed by atoms with E-state index in [4.69, 9.17) is 10.8 Å². The highest BCUT2D eigenvalue weighted by atomic mass is 79.9. The van der Waals surface area contributed by atoms with Crippen LogP contribution in [0.5, 0.6) is 0 Å². The summed E-state index contributed by atoms with van der Waals surface area (Å²) >= 11 is 3.44. The zero-order valence-electron chi connectivity index (χ0n) is 8.20. The molecule has 0 spiro atoms. The van der Waals surface area contributed by atoms with Gasteiger partial charge in [0, 0.05) is 27.6 Å². The van der Waals surface area contributed by atoms with Crippen LogP contribution in [0, 0.1) is 0 Å². The number of aliphatic hydroxyl groups excluding tert-OH is 1. The van der Waals surface area contributed by atoms with E-state index in [1.165, 1.54) is 0 Å². The van der Waals surface area contributed by atoms with Crippen LogP contribution in [0.15, 0.2) is 28.9 Å². The van der Waals surface area contributed by atoms with Gasteiger partial charge in [0.1, 0.15) is 0 Å². The predicted octanol–water partition coefficient (Wildman–Crippen LogP) is 1.79. The van der Waals surface area contributed by atoms with Gasteiger partial charge in [0.05, 0.1) is 6.61 Å². The van der Waals surface area contributed by atoms with Crippen molar-refractivity contribution in [3.05, 3.63) is 34.4 Å². The number of halogens is 1. The van der Waals surface area contributed by atoms with Crippen LogP contribution >= 0.6 is 15.9 Å². The molecule has 2 rings (SSSR count). The lowest BCUT2D eigenvalue weighted by molar-refractivity contribution is 0.265. The second-order valence-corrected chi connectivity index (χ2v) is 4.57. The van der Waals surface area contributed by atoms with Gasteiger partial charge in [-0.2, -0.15) is 0 Å². The van der Waals surface area contributed by atoms with Gasteiger partial charge in [-0.15, -0.1) is 0 Å². The Hall–Kier alpha value is -0.840. The summed E-state index contributed by atoms with van der Waals surface area (Å²) in [6, 6.07) is 5.88. The third-order valence-corrected chi connectivity index (χ3v) is 2.94. The Kier molecular flexibility index (Phi) is 3.09. The Morgan fingerprint density at radius 1 is 1.47 bits per heavy atom. The topological polar surface area (TPSA) is 62.0 Å². The number of benzene rings is 1. The van der Waals surface area contributed by atoms with E-state index in [0.717, 1.165) is 20.9 Å². The summed E-state index contributed by atoms with van der Waals surface area (Å²) in [7, 11) is 0. The molecular weight excluding hydrogens is 256 g/mol. The average molecular weight is 269 g/mol. The molecule has 2 aromatic rings. The number of rotatable bonds is 3. The monoisotopic (exact) mass is 268 g/mol. The number of aromatic nitrogens is 1. The molecule has 0 radical (unpaired) electrons. The van der Waals surface area contributed by atoms with E-state index in [1.807, 2.05) is 18.3 Å². The summed E-state index contributed by atoms with van der Waals surface area (Å²) < 4.78 is 1.05. The van der Waals surface area contributed by atoms with Gasteiger partial charge < -0.3 is 15.8 Å². The Morgan fingerprint density at radius 2 is 2.27 bits per heavy atom. The van der Waals surface area contributed by atoms with Gasteiger partial charge in [-0.1, -0.05) is 15.9 Å². The summed E-state index contributed by atoms with van der Waals surface area (Å²) in [5.74, 6) is 0. The predicted molar refractivity (Wildman–Crippen MR) is 64.8 cm³/mol. The Labute approximate surface area is 96.4 Å². The molecule has 0 amide bonds. The molecule has 1 unspecified atom stereocenters. The van der Waals surface area contributed by atoms with Crippen LogP contribution < -0.4 is 5.73 Å². The van der Waals surface area contributed by atoms with Gasteiger partial charge in [-0.3, -0.25) is 0 Å². The van der Waals surface area contributed by atoms with Crippen molar-refractivity contribution < 1.29 is 5.11 Å². The van der Waals surface area contributed by atoms with Crippen molar-refractivity contribution in [3.63, 3.8) is 0 Å². The fourth-order valence-corrected chi connectivity index (χ4v) is 2.03. The van der Waals surface area contributed by atoms with Gasteiger partial charge in [0.25, 0.3) is 0 Å². The number of nitrogens with two attached hydrogens (primary N) is 1. The number of hydrogen-bond acceptors (Lipinski definition) is 2. The van der Waals surface area contributed by atoms with Crippen LogP contribution in [0.25, 0.3) is 10.9 Å². The molecule has 1 aromatic heterocycles. The second kappa shape index (κ2) is 4.35. The maximum atomic E-state index is 8.92. The number of fused-ring (bicyclic) bond motifs is 1. The second-order valence-electron chi connectivity index (χ2n) is 3.65. The van der Waals surface area contributed by atoms with Gasteiger partial charge in [-0.25, -0.2) is 0 Å². The van der Waals surface area contributed by atoms with Crippen molar-refractivity contribution in [3.8, 4) is 0 Å². The molecular formula is C11H13BrN2O. The first-order valence-corrected chi connectivity index (χ1v) is 5.62. The first-order chi connectivity index (χ1) is 7.20. The van der Waals surface area contributed by atoms with E-state index in [9.17, 15) is 0 Å². The molecule has 1 heterocycles. The first-order valence-electron chi connectivity index (χ1n) is 4.82. The van der Waals surface area contributed by atoms with Crippen molar-refractivity contribution >= 4 is 26.8 Å². The molecule has 4 heteroatoms. The average Bonchev–Trinajstić information content (AvgIpc) is 2.61. The summed E-state index contributed by atoms with van der Waals surface area (Å²) in [5, 5.41) is 10.1. The van der Waals surface area contributed by atoms with Crippen LogP contribution in [-0.2, 0) is 6.42 Å². The van der Waals surface area contributed by atoms with Crippen LogP contribution in [0.1, 0.15) is 5.56 Å². The number of aromatic amines is 1. The molecule has 1 atom stereocenters. The zero-order chi connectivity index (χ0) is 10.8. The number of hydrogen-bond donors (Lipinski definition) is 3. The molecule has 15 heavy (non-hydrogen) atoms. The Balaban J connectivity index is 2.39.